The smallest absolute Gasteiger partial charge is 0.416 e. The van der Waals surface area contributed by atoms with Gasteiger partial charge in [-0.2, -0.15) is 13.2 Å². The fourth-order valence-electron chi connectivity index (χ4n) is 2.22. The quantitative estimate of drug-likeness (QED) is 0.222. The lowest BCUT2D eigenvalue weighted by Gasteiger charge is -2.06. The van der Waals surface area contributed by atoms with E-state index in [4.69, 9.17) is 4.74 Å². The van der Waals surface area contributed by atoms with Gasteiger partial charge in [0.1, 0.15) is 5.82 Å². The highest BCUT2D eigenvalue weighted by molar-refractivity contribution is 5.96. The van der Waals surface area contributed by atoms with Crippen LogP contribution in [0.4, 0.5) is 17.6 Å². The minimum absolute atomic E-state index is 0.0152. The molecule has 2 aromatic carbocycles. The largest absolute Gasteiger partial charge is 0.463 e. The van der Waals surface area contributed by atoms with E-state index >= 15 is 0 Å². The van der Waals surface area contributed by atoms with Crippen molar-refractivity contribution in [2.24, 2.45) is 0 Å². The number of halogens is 4. The van der Waals surface area contributed by atoms with E-state index in [0.717, 1.165) is 18.2 Å². The van der Waals surface area contributed by atoms with Gasteiger partial charge in [0, 0.05) is 18.1 Å². The van der Waals surface area contributed by atoms with Crippen LogP contribution in [0.15, 0.2) is 54.6 Å². The molecule has 0 aliphatic heterocycles. The Labute approximate surface area is 153 Å². The first kappa shape index (κ1) is 20.4. The predicted molar refractivity (Wildman–Crippen MR) is 91.4 cm³/mol. The van der Waals surface area contributed by atoms with E-state index in [0.29, 0.717) is 5.56 Å². The van der Waals surface area contributed by atoms with Crippen LogP contribution in [0.1, 0.15) is 34.3 Å². The second kappa shape index (κ2) is 9.12. The third-order valence-electron chi connectivity index (χ3n) is 3.58. The summed E-state index contributed by atoms with van der Waals surface area (Å²) in [5, 5.41) is 0. The molecular formula is C20H16F4O3. The Morgan fingerprint density at radius 2 is 1.74 bits per heavy atom. The van der Waals surface area contributed by atoms with Crippen LogP contribution >= 0.6 is 0 Å². The maximum Gasteiger partial charge on any atom is 0.416 e. The molecule has 2 aromatic rings. The molecule has 0 heterocycles. The van der Waals surface area contributed by atoms with Crippen LogP contribution in [0.25, 0.3) is 6.08 Å². The zero-order valence-corrected chi connectivity index (χ0v) is 14.1. The van der Waals surface area contributed by atoms with Crippen molar-refractivity contribution in [3.8, 4) is 0 Å². The Morgan fingerprint density at radius 1 is 1.04 bits per heavy atom. The van der Waals surface area contributed by atoms with E-state index in [-0.39, 0.29) is 30.8 Å². The van der Waals surface area contributed by atoms with Gasteiger partial charge >= 0.3 is 12.1 Å². The first-order valence-corrected chi connectivity index (χ1v) is 8.06. The van der Waals surface area contributed by atoms with Gasteiger partial charge in [0.25, 0.3) is 0 Å². The van der Waals surface area contributed by atoms with Crippen molar-refractivity contribution < 1.29 is 31.9 Å². The normalized spacial score (nSPS) is 11.6. The Kier molecular flexibility index (Phi) is 6.87. The van der Waals surface area contributed by atoms with E-state index in [1.54, 1.807) is 0 Å². The lowest BCUT2D eigenvalue weighted by Crippen LogP contribution is -2.06. The molecule has 0 aliphatic carbocycles. The van der Waals surface area contributed by atoms with E-state index in [2.05, 4.69) is 0 Å². The van der Waals surface area contributed by atoms with Crippen LogP contribution in [0.5, 0.6) is 0 Å². The standard InChI is InChI=1S/C20H16F4O3/c21-17-9-7-15(8-10-17)18(25)5-2-12-27-19(26)11-6-14-3-1-4-16(13-14)20(22,23)24/h1,3-4,6-11,13H,2,5,12H2/b11-6+. The van der Waals surface area contributed by atoms with Crippen molar-refractivity contribution in [1.29, 1.82) is 0 Å². The van der Waals surface area contributed by atoms with Gasteiger partial charge in [-0.25, -0.2) is 9.18 Å². The molecule has 3 nitrogen and oxygen atoms in total. The van der Waals surface area contributed by atoms with Gasteiger partial charge in [-0.1, -0.05) is 12.1 Å². The summed E-state index contributed by atoms with van der Waals surface area (Å²) in [5.41, 5.74) is -0.224. The van der Waals surface area contributed by atoms with Crippen LogP contribution in [0.2, 0.25) is 0 Å². The fourth-order valence-corrected chi connectivity index (χ4v) is 2.22. The van der Waals surface area contributed by atoms with Gasteiger partial charge in [0.2, 0.25) is 0 Å². The van der Waals surface area contributed by atoms with E-state index in [9.17, 15) is 27.2 Å². The summed E-state index contributed by atoms with van der Waals surface area (Å²) in [5.74, 6) is -1.36. The van der Waals surface area contributed by atoms with Crippen LogP contribution in [0, 0.1) is 5.82 Å². The van der Waals surface area contributed by atoms with E-state index < -0.39 is 23.5 Å². The Bertz CT molecular complexity index is 824. The average molecular weight is 380 g/mol. The minimum Gasteiger partial charge on any atom is -0.463 e. The van der Waals surface area contributed by atoms with Crippen LogP contribution in [-0.2, 0) is 15.7 Å². The van der Waals surface area contributed by atoms with Crippen molar-refractivity contribution in [3.05, 3.63) is 77.1 Å². The molecule has 0 bridgehead atoms. The number of Topliss-reactive ketones (excluding diaryl/α,β-unsaturated/α-hetero) is 1. The fraction of sp³-hybridized carbons (Fsp3) is 0.200. The number of esters is 1. The van der Waals surface area contributed by atoms with Crippen molar-refractivity contribution in [1.82, 2.24) is 0 Å². The average Bonchev–Trinajstić information content (AvgIpc) is 2.63. The summed E-state index contributed by atoms with van der Waals surface area (Å²) < 4.78 is 55.6. The van der Waals surface area contributed by atoms with Gasteiger partial charge in [0.05, 0.1) is 12.2 Å². The summed E-state index contributed by atoms with van der Waals surface area (Å²) in [6.07, 6.45) is -1.81. The Morgan fingerprint density at radius 3 is 2.41 bits per heavy atom. The highest BCUT2D eigenvalue weighted by Gasteiger charge is 2.30. The number of ketones is 1. The molecule has 0 N–H and O–H groups in total. The third-order valence-corrected chi connectivity index (χ3v) is 3.58. The second-order valence-corrected chi connectivity index (χ2v) is 5.66. The van der Waals surface area contributed by atoms with Gasteiger partial charge in [0.15, 0.2) is 5.78 Å². The summed E-state index contributed by atoms with van der Waals surface area (Å²) in [6.45, 7) is -0.0152. The first-order chi connectivity index (χ1) is 12.8. The maximum atomic E-state index is 12.8. The summed E-state index contributed by atoms with van der Waals surface area (Å²) in [6, 6.07) is 9.66. The van der Waals surface area contributed by atoms with Crippen molar-refractivity contribution in [3.63, 3.8) is 0 Å². The number of hydrogen-bond donors (Lipinski definition) is 0. The molecule has 0 saturated heterocycles. The minimum atomic E-state index is -4.46. The lowest BCUT2D eigenvalue weighted by molar-refractivity contribution is -0.138. The van der Waals surface area contributed by atoms with Gasteiger partial charge in [-0.05, 0) is 54.5 Å². The predicted octanol–water partition coefficient (Wildman–Crippen LogP) is 5.06. The highest BCUT2D eigenvalue weighted by atomic mass is 19.4. The highest BCUT2D eigenvalue weighted by Crippen LogP contribution is 2.29. The topological polar surface area (TPSA) is 43.4 Å². The molecule has 0 fully saturated rings. The molecule has 0 radical (unpaired) electrons. The number of carbonyl (C=O) groups excluding carboxylic acids is 2. The summed E-state index contributed by atoms with van der Waals surface area (Å²) in [4.78, 5) is 23.4. The molecule has 7 heteroatoms. The molecular weight excluding hydrogens is 364 g/mol. The number of benzene rings is 2. The molecule has 2 rings (SSSR count). The zero-order valence-electron chi connectivity index (χ0n) is 14.1. The number of rotatable bonds is 7. The van der Waals surface area contributed by atoms with Gasteiger partial charge < -0.3 is 4.74 Å². The number of carbonyl (C=O) groups is 2. The SMILES string of the molecule is O=C(/C=C/c1cccc(C(F)(F)F)c1)OCCCC(=O)c1ccc(F)cc1. The van der Waals surface area contributed by atoms with E-state index in [1.807, 2.05) is 0 Å². The molecule has 0 aromatic heterocycles. The molecule has 142 valence electrons. The van der Waals surface area contributed by atoms with Gasteiger partial charge in [-0.15, -0.1) is 0 Å². The van der Waals surface area contributed by atoms with E-state index in [1.165, 1.54) is 42.5 Å². The molecule has 27 heavy (non-hydrogen) atoms. The molecule has 0 atom stereocenters. The molecule has 0 aliphatic rings. The molecule has 0 spiro atoms. The lowest BCUT2D eigenvalue weighted by atomic mass is 10.1. The maximum absolute atomic E-state index is 12.8. The van der Waals surface area contributed by atoms with Crippen LogP contribution in [-0.4, -0.2) is 18.4 Å². The number of alkyl halides is 3. The zero-order chi connectivity index (χ0) is 19.9. The second-order valence-electron chi connectivity index (χ2n) is 5.66. The number of hydrogen-bond acceptors (Lipinski definition) is 3. The van der Waals surface area contributed by atoms with Gasteiger partial charge in [-0.3, -0.25) is 4.79 Å². The van der Waals surface area contributed by atoms with Crippen LogP contribution < -0.4 is 0 Å². The summed E-state index contributed by atoms with van der Waals surface area (Å²) in [7, 11) is 0. The van der Waals surface area contributed by atoms with Crippen molar-refractivity contribution in [2.75, 3.05) is 6.61 Å². The monoisotopic (exact) mass is 380 g/mol. The third kappa shape index (κ3) is 6.69. The Hall–Kier alpha value is -2.96. The first-order valence-electron chi connectivity index (χ1n) is 8.06. The Balaban J connectivity index is 1.77. The van der Waals surface area contributed by atoms with Crippen molar-refractivity contribution in [2.45, 2.75) is 19.0 Å². The molecule has 0 amide bonds. The van der Waals surface area contributed by atoms with Crippen LogP contribution in [0.3, 0.4) is 0 Å². The number of ether oxygens (including phenoxy) is 1. The summed E-state index contributed by atoms with van der Waals surface area (Å²) >= 11 is 0. The molecule has 0 saturated carbocycles. The van der Waals surface area contributed by atoms with Crippen molar-refractivity contribution >= 4 is 17.8 Å². The molecule has 0 unspecified atom stereocenters.